The number of piperidine rings is 1. The number of benzene rings is 2. The second kappa shape index (κ2) is 12.3. The molecule has 1 aliphatic rings. The Hall–Kier alpha value is -3.93. The van der Waals surface area contributed by atoms with Crippen LogP contribution in [0.25, 0.3) is 0 Å². The molecule has 0 unspecified atom stereocenters. The monoisotopic (exact) mass is 576 g/mol. The minimum atomic E-state index is -4.80. The van der Waals surface area contributed by atoms with Gasteiger partial charge < -0.3 is 19.1 Å². The maximum Gasteiger partial charge on any atom is 0.573 e. The van der Waals surface area contributed by atoms with E-state index >= 15 is 4.39 Å². The number of carbonyl (C=O) groups is 1. The summed E-state index contributed by atoms with van der Waals surface area (Å²) in [7, 11) is 0. The number of anilines is 4. The van der Waals surface area contributed by atoms with E-state index in [2.05, 4.69) is 9.72 Å². The SMILES string of the molecule is CC(C)(C)OC(=O)COCC1(F)CCN(c2cncc(N(c3ccccc3)c3ccc(OC(F)(F)F)cc3)n2)CC1. The molecule has 0 spiro atoms. The predicted molar refractivity (Wildman–Crippen MR) is 145 cm³/mol. The molecule has 4 rings (SSSR count). The average Bonchev–Trinajstić information content (AvgIpc) is 2.89. The van der Waals surface area contributed by atoms with Crippen LogP contribution in [0.5, 0.6) is 5.75 Å². The minimum Gasteiger partial charge on any atom is -0.458 e. The number of ether oxygens (including phenoxy) is 3. The van der Waals surface area contributed by atoms with E-state index in [-0.39, 0.29) is 31.8 Å². The lowest BCUT2D eigenvalue weighted by Gasteiger charge is -2.37. The first kappa shape index (κ1) is 30.0. The van der Waals surface area contributed by atoms with Crippen LogP contribution in [0.1, 0.15) is 33.6 Å². The number of halogens is 4. The van der Waals surface area contributed by atoms with Gasteiger partial charge in [0.1, 0.15) is 29.4 Å². The molecule has 0 amide bonds. The number of rotatable bonds is 9. The van der Waals surface area contributed by atoms with E-state index in [0.29, 0.717) is 36.1 Å². The molecule has 1 aromatic heterocycles. The molecule has 0 radical (unpaired) electrons. The van der Waals surface area contributed by atoms with Crippen LogP contribution in [0.2, 0.25) is 0 Å². The largest absolute Gasteiger partial charge is 0.573 e. The first-order valence-corrected chi connectivity index (χ1v) is 13.1. The summed E-state index contributed by atoms with van der Waals surface area (Å²) in [5.74, 6) is 0.0662. The van der Waals surface area contributed by atoms with Crippen LogP contribution in [0, 0.1) is 0 Å². The highest BCUT2D eigenvalue weighted by molar-refractivity contribution is 5.75. The Morgan fingerprint density at radius 3 is 2.22 bits per heavy atom. The summed E-state index contributed by atoms with van der Waals surface area (Å²) in [4.78, 5) is 24.6. The number of aromatic nitrogens is 2. The van der Waals surface area contributed by atoms with E-state index in [4.69, 9.17) is 14.5 Å². The Bertz CT molecular complexity index is 1290. The van der Waals surface area contributed by atoms with Crippen LogP contribution in [-0.2, 0) is 14.3 Å². The maximum absolute atomic E-state index is 15.4. The van der Waals surface area contributed by atoms with Gasteiger partial charge in [-0.3, -0.25) is 9.88 Å². The molecule has 0 bridgehead atoms. The third kappa shape index (κ3) is 8.78. The first-order valence-electron chi connectivity index (χ1n) is 13.1. The van der Waals surface area contributed by atoms with Gasteiger partial charge >= 0.3 is 12.3 Å². The van der Waals surface area contributed by atoms with E-state index < -0.39 is 23.6 Å². The van der Waals surface area contributed by atoms with Crippen molar-refractivity contribution in [2.24, 2.45) is 0 Å². The summed E-state index contributed by atoms with van der Waals surface area (Å²) in [5, 5.41) is 0. The lowest BCUT2D eigenvalue weighted by Crippen LogP contribution is -2.45. The molecule has 1 saturated heterocycles. The molecule has 8 nitrogen and oxygen atoms in total. The lowest BCUT2D eigenvalue weighted by atomic mass is 9.94. The van der Waals surface area contributed by atoms with Gasteiger partial charge in [-0.1, -0.05) is 18.2 Å². The Balaban J connectivity index is 1.46. The van der Waals surface area contributed by atoms with Crippen LogP contribution in [0.4, 0.5) is 40.6 Å². The zero-order chi connectivity index (χ0) is 29.7. The predicted octanol–water partition coefficient (Wildman–Crippen LogP) is 6.51. The van der Waals surface area contributed by atoms with Crippen molar-refractivity contribution in [1.82, 2.24) is 9.97 Å². The molecule has 2 heterocycles. The van der Waals surface area contributed by atoms with Gasteiger partial charge in [0.2, 0.25) is 0 Å². The second-order valence-corrected chi connectivity index (χ2v) is 10.7. The summed E-state index contributed by atoms with van der Waals surface area (Å²) >= 11 is 0. The van der Waals surface area contributed by atoms with Gasteiger partial charge in [-0.2, -0.15) is 0 Å². The number of hydrogen-bond donors (Lipinski definition) is 0. The van der Waals surface area contributed by atoms with Crippen molar-refractivity contribution in [1.29, 1.82) is 0 Å². The third-order valence-electron chi connectivity index (χ3n) is 6.17. The molecule has 12 heteroatoms. The highest BCUT2D eigenvalue weighted by Crippen LogP contribution is 2.36. The normalized spacial score (nSPS) is 15.3. The van der Waals surface area contributed by atoms with Crippen LogP contribution in [0.3, 0.4) is 0 Å². The van der Waals surface area contributed by atoms with Crippen LogP contribution >= 0.6 is 0 Å². The van der Waals surface area contributed by atoms with Crippen molar-refractivity contribution in [2.45, 2.75) is 51.2 Å². The Kier molecular flexibility index (Phi) is 9.01. The molecular weight excluding hydrogens is 544 g/mol. The number of hydrogen-bond acceptors (Lipinski definition) is 8. The van der Waals surface area contributed by atoms with Crippen molar-refractivity contribution in [3.63, 3.8) is 0 Å². The van der Waals surface area contributed by atoms with Gasteiger partial charge in [0.15, 0.2) is 5.82 Å². The highest BCUT2D eigenvalue weighted by Gasteiger charge is 2.36. The topological polar surface area (TPSA) is 77.0 Å². The fraction of sp³-hybridized carbons (Fsp3) is 0.414. The second-order valence-electron chi connectivity index (χ2n) is 10.7. The van der Waals surface area contributed by atoms with Crippen molar-refractivity contribution < 1.29 is 36.6 Å². The number of nitrogens with zero attached hydrogens (tertiary/aromatic N) is 4. The van der Waals surface area contributed by atoms with Crippen molar-refractivity contribution in [2.75, 3.05) is 36.1 Å². The summed E-state index contributed by atoms with van der Waals surface area (Å²) in [6, 6.07) is 14.6. The van der Waals surface area contributed by atoms with E-state index in [1.54, 1.807) is 38.1 Å². The maximum atomic E-state index is 15.4. The molecular formula is C29H32F4N4O4. The summed E-state index contributed by atoms with van der Waals surface area (Å²) in [6.45, 7) is 5.39. The molecule has 2 aromatic carbocycles. The van der Waals surface area contributed by atoms with E-state index in [9.17, 15) is 18.0 Å². The van der Waals surface area contributed by atoms with Gasteiger partial charge in [0.05, 0.1) is 19.0 Å². The summed E-state index contributed by atoms with van der Waals surface area (Å²) in [5.41, 5.74) is -0.983. The van der Waals surface area contributed by atoms with Gasteiger partial charge in [0.25, 0.3) is 0 Å². The zero-order valence-electron chi connectivity index (χ0n) is 23.0. The standard InChI is InChI=1S/C29H32F4N4O4/c1-27(2,3)41-26(38)19-39-20-28(30)13-15-36(16-14-28)24-17-34-18-25(35-24)37(21-7-5-4-6-8-21)22-9-11-23(12-10-22)40-29(31,32)33/h4-12,17-18H,13-16,19-20H2,1-3H3. The van der Waals surface area contributed by atoms with Crippen LogP contribution < -0.4 is 14.5 Å². The number of alkyl halides is 4. The fourth-order valence-corrected chi connectivity index (χ4v) is 4.36. The lowest BCUT2D eigenvalue weighted by molar-refractivity contribution is -0.274. The Labute approximate surface area is 235 Å². The van der Waals surface area contributed by atoms with Gasteiger partial charge in [-0.15, -0.1) is 13.2 Å². The van der Waals surface area contributed by atoms with Gasteiger partial charge in [-0.25, -0.2) is 14.2 Å². The quantitative estimate of drug-likeness (QED) is 0.211. The molecule has 1 fully saturated rings. The van der Waals surface area contributed by atoms with E-state index in [1.807, 2.05) is 35.2 Å². The van der Waals surface area contributed by atoms with E-state index in [0.717, 1.165) is 0 Å². The molecule has 41 heavy (non-hydrogen) atoms. The molecule has 220 valence electrons. The third-order valence-corrected chi connectivity index (χ3v) is 6.17. The molecule has 0 saturated carbocycles. The number of para-hydroxylation sites is 1. The average molecular weight is 577 g/mol. The molecule has 3 aromatic rings. The minimum absolute atomic E-state index is 0.163. The van der Waals surface area contributed by atoms with Crippen molar-refractivity contribution in [3.8, 4) is 5.75 Å². The first-order chi connectivity index (χ1) is 19.3. The summed E-state index contributed by atoms with van der Waals surface area (Å²) in [6.07, 6.45) is -1.34. The van der Waals surface area contributed by atoms with Crippen molar-refractivity contribution in [3.05, 3.63) is 67.0 Å². The van der Waals surface area contributed by atoms with Crippen LogP contribution in [-0.4, -0.2) is 59.9 Å². The van der Waals surface area contributed by atoms with Crippen molar-refractivity contribution >= 4 is 29.0 Å². The van der Waals surface area contributed by atoms with Gasteiger partial charge in [0, 0.05) is 37.3 Å². The molecule has 1 aliphatic heterocycles. The smallest absolute Gasteiger partial charge is 0.458 e. The Morgan fingerprint density at radius 1 is 0.976 bits per heavy atom. The zero-order valence-corrected chi connectivity index (χ0v) is 23.0. The Morgan fingerprint density at radius 2 is 1.61 bits per heavy atom. The number of carbonyl (C=O) groups excluding carboxylic acids is 1. The summed E-state index contributed by atoms with van der Waals surface area (Å²) < 4.78 is 67.9. The van der Waals surface area contributed by atoms with E-state index in [1.165, 1.54) is 24.3 Å². The van der Waals surface area contributed by atoms with Gasteiger partial charge in [-0.05, 0) is 57.2 Å². The molecule has 0 N–H and O–H groups in total. The molecule has 0 aliphatic carbocycles. The highest BCUT2D eigenvalue weighted by atomic mass is 19.4. The number of esters is 1. The fourth-order valence-electron chi connectivity index (χ4n) is 4.36. The van der Waals surface area contributed by atoms with Crippen LogP contribution in [0.15, 0.2) is 67.0 Å². The molecule has 0 atom stereocenters.